The molecule has 0 spiro atoms. The second kappa shape index (κ2) is 15.3. The summed E-state index contributed by atoms with van der Waals surface area (Å²) < 4.78 is 21.8. The zero-order chi connectivity index (χ0) is 23.0. The number of hydrogen-bond acceptors (Lipinski definition) is 7. The summed E-state index contributed by atoms with van der Waals surface area (Å²) in [6.07, 6.45) is -0.389. The fourth-order valence-corrected chi connectivity index (χ4v) is 2.61. The molecule has 0 aliphatic heterocycles. The highest BCUT2D eigenvalue weighted by Crippen LogP contribution is 2.12. The molecule has 0 radical (unpaired) electrons. The first-order valence-electron chi connectivity index (χ1n) is 10.7. The van der Waals surface area contributed by atoms with Gasteiger partial charge in [-0.15, -0.1) is 0 Å². The Morgan fingerprint density at radius 1 is 0.906 bits per heavy atom. The largest absolute Gasteiger partial charge is 0.491 e. The minimum absolute atomic E-state index is 0.102. The molecule has 0 aliphatic rings. The maximum Gasteiger partial charge on any atom is 0.226 e. The van der Waals surface area contributed by atoms with Gasteiger partial charge in [-0.1, -0.05) is 29.8 Å². The van der Waals surface area contributed by atoms with E-state index in [1.165, 1.54) is 5.56 Å². The summed E-state index contributed by atoms with van der Waals surface area (Å²) in [5.74, 6) is 0.706. The monoisotopic (exact) mass is 446 g/mol. The van der Waals surface area contributed by atoms with Crippen LogP contribution < -0.4 is 15.4 Å². The molecule has 3 N–H and O–H groups in total. The van der Waals surface area contributed by atoms with Crippen LogP contribution in [0.5, 0.6) is 5.75 Å². The Bertz CT molecular complexity index is 767. The van der Waals surface area contributed by atoms with Crippen LogP contribution in [0.15, 0.2) is 48.5 Å². The Labute approximate surface area is 189 Å². The van der Waals surface area contributed by atoms with E-state index in [1.54, 1.807) is 7.05 Å². The van der Waals surface area contributed by atoms with Gasteiger partial charge in [0.2, 0.25) is 5.91 Å². The molecular formula is C24H34N2O6. The lowest BCUT2D eigenvalue weighted by atomic mass is 10.2. The first-order valence-corrected chi connectivity index (χ1v) is 10.7. The van der Waals surface area contributed by atoms with Crippen molar-refractivity contribution in [3.05, 3.63) is 59.7 Å². The summed E-state index contributed by atoms with van der Waals surface area (Å²) in [5.41, 5.74) is 2.91. The topological polar surface area (TPSA) is 98.3 Å². The first kappa shape index (κ1) is 25.8. The van der Waals surface area contributed by atoms with Gasteiger partial charge >= 0.3 is 0 Å². The molecule has 2 aromatic rings. The zero-order valence-corrected chi connectivity index (χ0v) is 18.8. The van der Waals surface area contributed by atoms with E-state index in [-0.39, 0.29) is 18.9 Å². The molecule has 1 amide bonds. The van der Waals surface area contributed by atoms with Crippen LogP contribution in [-0.4, -0.2) is 63.9 Å². The number of nitrogens with one attached hydrogen (secondary N) is 2. The lowest BCUT2D eigenvalue weighted by molar-refractivity contribution is -0.117. The molecule has 8 heteroatoms. The number of anilines is 1. The summed E-state index contributed by atoms with van der Waals surface area (Å²) in [6.45, 7) is 4.75. The van der Waals surface area contributed by atoms with E-state index in [2.05, 4.69) is 10.6 Å². The van der Waals surface area contributed by atoms with Crippen LogP contribution in [0.3, 0.4) is 0 Å². The van der Waals surface area contributed by atoms with E-state index in [1.807, 2.05) is 55.5 Å². The van der Waals surface area contributed by atoms with Gasteiger partial charge in [0, 0.05) is 5.69 Å². The van der Waals surface area contributed by atoms with Crippen molar-refractivity contribution in [2.45, 2.75) is 26.2 Å². The van der Waals surface area contributed by atoms with Gasteiger partial charge in [0.15, 0.2) is 0 Å². The SMILES string of the molecule is CNC(O)COCCOCc1ccc(NC(=O)CCOCCOc2ccc(C)cc2)cc1. The summed E-state index contributed by atoms with van der Waals surface area (Å²) in [4.78, 5) is 12.0. The zero-order valence-electron chi connectivity index (χ0n) is 18.8. The number of aryl methyl sites for hydroxylation is 1. The van der Waals surface area contributed by atoms with Crippen LogP contribution >= 0.6 is 0 Å². The van der Waals surface area contributed by atoms with Crippen molar-refractivity contribution in [2.75, 3.05) is 52.0 Å². The van der Waals surface area contributed by atoms with E-state index in [0.717, 1.165) is 17.0 Å². The predicted octanol–water partition coefficient (Wildman–Crippen LogP) is 2.49. The number of aliphatic hydroxyl groups excluding tert-OH is 1. The number of likely N-dealkylation sites (N-methyl/N-ethyl adjacent to an activating group) is 1. The number of carbonyl (C=O) groups excluding carboxylic acids is 1. The summed E-state index contributed by atoms with van der Waals surface area (Å²) in [6, 6.07) is 15.3. The molecule has 0 saturated heterocycles. The predicted molar refractivity (Wildman–Crippen MR) is 123 cm³/mol. The van der Waals surface area contributed by atoms with Crippen LogP contribution in [0.1, 0.15) is 17.5 Å². The normalized spacial score (nSPS) is 11.8. The number of hydrogen-bond donors (Lipinski definition) is 3. The number of amides is 1. The van der Waals surface area contributed by atoms with Crippen molar-refractivity contribution in [1.29, 1.82) is 0 Å². The molecule has 0 fully saturated rings. The molecule has 176 valence electrons. The van der Waals surface area contributed by atoms with Crippen LogP contribution in [0, 0.1) is 6.92 Å². The van der Waals surface area contributed by atoms with Crippen molar-refractivity contribution in [3.8, 4) is 5.75 Å². The van der Waals surface area contributed by atoms with Gasteiger partial charge < -0.3 is 29.4 Å². The molecule has 0 saturated carbocycles. The Morgan fingerprint density at radius 2 is 1.59 bits per heavy atom. The summed E-state index contributed by atoms with van der Waals surface area (Å²) in [5, 5.41) is 14.8. The van der Waals surface area contributed by atoms with Crippen molar-refractivity contribution in [2.24, 2.45) is 0 Å². The van der Waals surface area contributed by atoms with Crippen molar-refractivity contribution in [1.82, 2.24) is 5.32 Å². The van der Waals surface area contributed by atoms with Crippen molar-refractivity contribution < 1.29 is 28.8 Å². The molecule has 8 nitrogen and oxygen atoms in total. The third-order valence-electron chi connectivity index (χ3n) is 4.48. The van der Waals surface area contributed by atoms with Crippen LogP contribution in [0.25, 0.3) is 0 Å². The lowest BCUT2D eigenvalue weighted by Gasteiger charge is -2.10. The minimum Gasteiger partial charge on any atom is -0.491 e. The van der Waals surface area contributed by atoms with Gasteiger partial charge in [-0.3, -0.25) is 10.1 Å². The van der Waals surface area contributed by atoms with E-state index in [9.17, 15) is 9.90 Å². The quantitative estimate of drug-likeness (QED) is 0.269. The maximum atomic E-state index is 12.0. The van der Waals surface area contributed by atoms with E-state index < -0.39 is 6.23 Å². The van der Waals surface area contributed by atoms with Crippen LogP contribution in [-0.2, 0) is 25.6 Å². The molecule has 1 unspecified atom stereocenters. The second-order valence-corrected chi connectivity index (χ2v) is 7.20. The first-order chi connectivity index (χ1) is 15.6. The van der Waals surface area contributed by atoms with Gasteiger partial charge in [0.25, 0.3) is 0 Å². The lowest BCUT2D eigenvalue weighted by Crippen LogP contribution is -2.30. The van der Waals surface area contributed by atoms with Crippen LogP contribution in [0.4, 0.5) is 5.69 Å². The third-order valence-corrected chi connectivity index (χ3v) is 4.48. The average molecular weight is 447 g/mol. The Morgan fingerprint density at radius 3 is 2.31 bits per heavy atom. The van der Waals surface area contributed by atoms with Crippen LogP contribution in [0.2, 0.25) is 0 Å². The Balaban J connectivity index is 1.51. The Kier molecular flexibility index (Phi) is 12.3. The standard InChI is InChI=1S/C24H34N2O6/c1-19-3-9-22(10-4-19)32-16-15-29-12-11-23(27)26-21-7-5-20(6-8-21)17-30-13-14-31-18-24(28)25-2/h3-10,24-25,28H,11-18H2,1-2H3,(H,26,27). The molecule has 0 aromatic heterocycles. The molecule has 2 rings (SSSR count). The highest BCUT2D eigenvalue weighted by atomic mass is 16.5. The molecule has 0 aliphatic carbocycles. The molecule has 32 heavy (non-hydrogen) atoms. The smallest absolute Gasteiger partial charge is 0.226 e. The fraction of sp³-hybridized carbons (Fsp3) is 0.458. The molecule has 2 aromatic carbocycles. The second-order valence-electron chi connectivity index (χ2n) is 7.20. The van der Waals surface area contributed by atoms with E-state index >= 15 is 0 Å². The van der Waals surface area contributed by atoms with Crippen molar-refractivity contribution in [3.63, 3.8) is 0 Å². The molecule has 0 heterocycles. The van der Waals surface area contributed by atoms with E-state index in [4.69, 9.17) is 18.9 Å². The molecular weight excluding hydrogens is 412 g/mol. The number of benzene rings is 2. The van der Waals surface area contributed by atoms with Crippen molar-refractivity contribution >= 4 is 11.6 Å². The molecule has 0 bridgehead atoms. The summed E-state index contributed by atoms with van der Waals surface area (Å²) in [7, 11) is 1.66. The van der Waals surface area contributed by atoms with Gasteiger partial charge in [0.05, 0.1) is 46.1 Å². The number of carbonyl (C=O) groups is 1. The number of aliphatic hydroxyl groups is 1. The number of rotatable bonds is 16. The average Bonchev–Trinajstić information content (AvgIpc) is 2.80. The van der Waals surface area contributed by atoms with Gasteiger partial charge in [-0.25, -0.2) is 0 Å². The fourth-order valence-electron chi connectivity index (χ4n) is 2.61. The highest BCUT2D eigenvalue weighted by Gasteiger charge is 2.04. The van der Waals surface area contributed by atoms with Gasteiger partial charge in [-0.2, -0.15) is 0 Å². The molecule has 1 atom stereocenters. The maximum absolute atomic E-state index is 12.0. The minimum atomic E-state index is -0.664. The third kappa shape index (κ3) is 11.2. The van der Waals surface area contributed by atoms with Gasteiger partial charge in [-0.05, 0) is 43.8 Å². The number of ether oxygens (including phenoxy) is 4. The highest BCUT2D eigenvalue weighted by molar-refractivity contribution is 5.90. The van der Waals surface area contributed by atoms with Gasteiger partial charge in [0.1, 0.15) is 18.6 Å². The summed E-state index contributed by atoms with van der Waals surface area (Å²) >= 11 is 0. The van der Waals surface area contributed by atoms with E-state index in [0.29, 0.717) is 39.6 Å². The Hall–Kier alpha value is -2.49.